The summed E-state index contributed by atoms with van der Waals surface area (Å²) in [5.74, 6) is -5.12. The van der Waals surface area contributed by atoms with Crippen LogP contribution in [0.2, 0.25) is 0 Å². The summed E-state index contributed by atoms with van der Waals surface area (Å²) in [6.45, 7) is 2.80. The van der Waals surface area contributed by atoms with Gasteiger partial charge in [-0.3, -0.25) is 38.6 Å². The Labute approximate surface area is 360 Å². The second-order valence-electron chi connectivity index (χ2n) is 15.1. The first kappa shape index (κ1) is 49.3. The van der Waals surface area contributed by atoms with E-state index < -0.39 is 84.6 Å². The van der Waals surface area contributed by atoms with Gasteiger partial charge in [0.25, 0.3) is 0 Å². The molecule has 0 saturated carbocycles. The average Bonchev–Trinajstić information content (AvgIpc) is 3.23. The number of guanidine groups is 1. The van der Waals surface area contributed by atoms with Crippen LogP contribution in [0.1, 0.15) is 49.8 Å². The molecule has 7 amide bonds. The Hall–Kier alpha value is -7.02. The number of aliphatic imine (C=N–C) groups is 1. The van der Waals surface area contributed by atoms with E-state index in [1.54, 1.807) is 72.8 Å². The largest absolute Gasteiger partial charge is 0.508 e. The first-order valence-corrected chi connectivity index (χ1v) is 20.2. The molecule has 19 nitrogen and oxygen atoms in total. The average molecular weight is 858 g/mol. The number of rotatable bonds is 25. The molecule has 0 aromatic heterocycles. The summed E-state index contributed by atoms with van der Waals surface area (Å²) in [5.41, 5.74) is 24.7. The van der Waals surface area contributed by atoms with Gasteiger partial charge in [-0.15, -0.1) is 0 Å². The second kappa shape index (κ2) is 25.6. The minimum atomic E-state index is -1.21. The van der Waals surface area contributed by atoms with Gasteiger partial charge in [-0.05, 0) is 60.4 Å². The number of hydrogen-bond donors (Lipinski definition) is 11. The summed E-state index contributed by atoms with van der Waals surface area (Å²) in [5, 5.41) is 25.0. The van der Waals surface area contributed by atoms with Crippen LogP contribution in [0.3, 0.4) is 0 Å². The zero-order valence-corrected chi connectivity index (χ0v) is 35.0. The molecule has 0 spiro atoms. The molecule has 0 aliphatic carbocycles. The van der Waals surface area contributed by atoms with Gasteiger partial charge in [-0.25, -0.2) is 0 Å². The van der Waals surface area contributed by atoms with Crippen molar-refractivity contribution in [2.45, 2.75) is 82.6 Å². The molecule has 19 heteroatoms. The lowest BCUT2D eigenvalue weighted by Crippen LogP contribution is -2.59. The number of benzene rings is 3. The highest BCUT2D eigenvalue weighted by Gasteiger charge is 2.32. The predicted octanol–water partition coefficient (Wildman–Crippen LogP) is -1.50. The van der Waals surface area contributed by atoms with Crippen molar-refractivity contribution in [1.82, 2.24) is 31.9 Å². The van der Waals surface area contributed by atoms with Crippen molar-refractivity contribution in [2.75, 3.05) is 19.6 Å². The smallest absolute Gasteiger partial charge is 0.243 e. The van der Waals surface area contributed by atoms with Crippen molar-refractivity contribution < 1.29 is 38.7 Å². The van der Waals surface area contributed by atoms with Gasteiger partial charge in [0.15, 0.2) is 5.96 Å². The Morgan fingerprint density at radius 1 is 0.581 bits per heavy atom. The second-order valence-corrected chi connectivity index (χ2v) is 15.1. The van der Waals surface area contributed by atoms with E-state index in [9.17, 15) is 38.7 Å². The van der Waals surface area contributed by atoms with Gasteiger partial charge in [-0.2, -0.15) is 0 Å². The van der Waals surface area contributed by atoms with Crippen LogP contribution in [0.4, 0.5) is 0 Å². The van der Waals surface area contributed by atoms with Crippen molar-refractivity contribution in [3.05, 3.63) is 102 Å². The Kier molecular flexibility index (Phi) is 20.3. The van der Waals surface area contributed by atoms with Crippen LogP contribution in [0.25, 0.3) is 0 Å². The molecule has 0 aliphatic rings. The molecule has 15 N–H and O–H groups in total. The van der Waals surface area contributed by atoms with Gasteiger partial charge in [0, 0.05) is 19.4 Å². The summed E-state index contributed by atoms with van der Waals surface area (Å²) in [6.07, 6.45) is 0.745. The fraction of sp³-hybridized carbons (Fsp3) is 0.395. The van der Waals surface area contributed by atoms with Gasteiger partial charge in [-0.1, -0.05) is 86.6 Å². The number of carbonyl (C=O) groups excluding carboxylic acids is 7. The number of phenolic OH excluding ortho intramolecular Hbond substituents is 1. The Morgan fingerprint density at radius 3 is 1.65 bits per heavy atom. The molecule has 334 valence electrons. The molecule has 5 atom stereocenters. The highest BCUT2D eigenvalue weighted by molar-refractivity contribution is 5.96. The number of nitrogens with zero attached hydrogens (tertiary/aromatic N) is 1. The van der Waals surface area contributed by atoms with E-state index >= 15 is 0 Å². The summed E-state index contributed by atoms with van der Waals surface area (Å²) >= 11 is 0. The minimum Gasteiger partial charge on any atom is -0.508 e. The third-order valence-corrected chi connectivity index (χ3v) is 9.39. The van der Waals surface area contributed by atoms with Crippen LogP contribution < -0.4 is 54.8 Å². The van der Waals surface area contributed by atoms with Crippen LogP contribution >= 0.6 is 0 Å². The van der Waals surface area contributed by atoms with Crippen molar-refractivity contribution in [3.63, 3.8) is 0 Å². The summed E-state index contributed by atoms with van der Waals surface area (Å²) in [4.78, 5) is 96.2. The van der Waals surface area contributed by atoms with Crippen molar-refractivity contribution in [3.8, 4) is 5.75 Å². The molecule has 3 aromatic carbocycles. The maximum atomic E-state index is 14.0. The lowest BCUT2D eigenvalue weighted by atomic mass is 10.00. The Bertz CT molecular complexity index is 1980. The first-order valence-electron chi connectivity index (χ1n) is 20.2. The molecular weight excluding hydrogens is 799 g/mol. The van der Waals surface area contributed by atoms with Crippen molar-refractivity contribution in [2.24, 2.45) is 33.8 Å². The SMILES string of the molecule is CC(C)C[C@@H](NC(=O)[C@H](Cc1ccccc1)NC(=O)CNC(=O)CNC(=O)[C@@H](N)Cc1ccc(O)cc1)C(=O)N[C@@H](CCCN=C(N)N)C(=O)N[C@@H](Cc1ccccc1)C(N)=O. The molecule has 62 heavy (non-hydrogen) atoms. The number of primary amides is 1. The van der Waals surface area contributed by atoms with E-state index in [0.717, 1.165) is 5.56 Å². The quantitative estimate of drug-likeness (QED) is 0.0265. The van der Waals surface area contributed by atoms with Gasteiger partial charge in [0.1, 0.15) is 29.9 Å². The van der Waals surface area contributed by atoms with Crippen LogP contribution in [0.5, 0.6) is 5.75 Å². The number of nitrogens with two attached hydrogens (primary N) is 4. The molecule has 0 fully saturated rings. The molecule has 0 heterocycles. The van der Waals surface area contributed by atoms with Crippen LogP contribution in [0.15, 0.2) is 89.9 Å². The van der Waals surface area contributed by atoms with Crippen LogP contribution in [-0.4, -0.2) is 102 Å². The van der Waals surface area contributed by atoms with E-state index in [1.807, 2.05) is 13.8 Å². The van der Waals surface area contributed by atoms with E-state index in [2.05, 4.69) is 36.9 Å². The fourth-order valence-electron chi connectivity index (χ4n) is 6.19. The number of phenols is 1. The van der Waals surface area contributed by atoms with Gasteiger partial charge >= 0.3 is 0 Å². The number of amides is 7. The standard InChI is InChI=1S/C43H59N11O8/c1-26(2)20-34(41(61)52-32(14-9-19-48-43(46)47)40(60)53-33(38(45)58)22-27-10-5-3-6-11-27)54-42(62)35(23-28-12-7-4-8-13-28)51-37(57)25-49-36(56)24-50-39(59)31(44)21-29-15-17-30(55)18-16-29/h3-8,10-13,15-18,26,31-35,55H,9,14,19-25,44H2,1-2H3,(H2,45,58)(H,49,56)(H,50,59)(H,51,57)(H,52,61)(H,53,60)(H,54,62)(H4,46,47,48)/t31-,32-,33-,34+,35-/m0/s1. The van der Waals surface area contributed by atoms with Crippen LogP contribution in [0, 0.1) is 5.92 Å². The molecule has 0 unspecified atom stereocenters. The van der Waals surface area contributed by atoms with Gasteiger partial charge < -0.3 is 59.9 Å². The molecule has 0 aliphatic heterocycles. The minimum absolute atomic E-state index is 0.0170. The van der Waals surface area contributed by atoms with Crippen molar-refractivity contribution >= 4 is 47.3 Å². The number of hydrogen-bond acceptors (Lipinski definition) is 10. The highest BCUT2D eigenvalue weighted by Crippen LogP contribution is 2.12. The van der Waals surface area contributed by atoms with Gasteiger partial charge in [0.2, 0.25) is 41.4 Å². The third kappa shape index (κ3) is 18.5. The van der Waals surface area contributed by atoms with E-state index in [-0.39, 0.29) is 62.7 Å². The summed E-state index contributed by atoms with van der Waals surface area (Å²) < 4.78 is 0. The maximum Gasteiger partial charge on any atom is 0.243 e. The highest BCUT2D eigenvalue weighted by atomic mass is 16.3. The molecule has 0 bridgehead atoms. The molecular formula is C43H59N11O8. The zero-order valence-electron chi connectivity index (χ0n) is 35.0. The monoisotopic (exact) mass is 857 g/mol. The zero-order chi connectivity index (χ0) is 45.6. The number of aromatic hydroxyl groups is 1. The number of nitrogens with one attached hydrogen (secondary N) is 6. The van der Waals surface area contributed by atoms with Gasteiger partial charge in [0.05, 0.1) is 19.1 Å². The third-order valence-electron chi connectivity index (χ3n) is 9.39. The lowest BCUT2D eigenvalue weighted by molar-refractivity contribution is -0.134. The van der Waals surface area contributed by atoms with E-state index in [0.29, 0.717) is 11.1 Å². The number of carbonyl (C=O) groups is 7. The van der Waals surface area contributed by atoms with E-state index in [4.69, 9.17) is 22.9 Å². The van der Waals surface area contributed by atoms with Crippen LogP contribution in [-0.2, 0) is 52.8 Å². The summed E-state index contributed by atoms with van der Waals surface area (Å²) in [6, 6.07) is 18.2. The Balaban J connectivity index is 1.70. The molecule has 3 rings (SSSR count). The predicted molar refractivity (Wildman–Crippen MR) is 232 cm³/mol. The Morgan fingerprint density at radius 2 is 1.08 bits per heavy atom. The molecule has 0 saturated heterocycles. The lowest BCUT2D eigenvalue weighted by Gasteiger charge is -2.27. The topological polar surface area (TPSA) is 328 Å². The van der Waals surface area contributed by atoms with Crippen molar-refractivity contribution in [1.29, 1.82) is 0 Å². The maximum absolute atomic E-state index is 14.0. The normalized spacial score (nSPS) is 13.2. The molecule has 3 aromatic rings. The first-order chi connectivity index (χ1) is 29.5. The summed E-state index contributed by atoms with van der Waals surface area (Å²) in [7, 11) is 0. The fourth-order valence-corrected chi connectivity index (χ4v) is 6.19. The van der Waals surface area contributed by atoms with E-state index in [1.165, 1.54) is 12.1 Å². The molecule has 0 radical (unpaired) electrons.